The van der Waals surface area contributed by atoms with Gasteiger partial charge in [0, 0.05) is 23.5 Å². The zero-order chi connectivity index (χ0) is 8.06. The normalized spacial score (nSPS) is 29.4. The van der Waals surface area contributed by atoms with Crippen LogP contribution in [0, 0.1) is 0 Å². The largest absolute Gasteiger partial charge is 0.493 e. The van der Waals surface area contributed by atoms with Crippen LogP contribution in [-0.4, -0.2) is 14.5 Å². The van der Waals surface area contributed by atoms with Crippen molar-refractivity contribution in [1.29, 1.82) is 0 Å². The quantitative estimate of drug-likeness (QED) is 0.592. The highest BCUT2D eigenvalue weighted by atomic mass is 35.7. The standard InChI is InChI=1S/C6H7ClO3S/c7-11(8,9)6-3-4-1-2-5(6)10-4/h4H,1-3H2. The maximum Gasteiger partial charge on any atom is 0.260 e. The van der Waals surface area contributed by atoms with Gasteiger partial charge in [0.1, 0.15) is 16.8 Å². The Bertz CT molecular complexity index is 317. The van der Waals surface area contributed by atoms with Gasteiger partial charge >= 0.3 is 0 Å². The molecule has 2 heterocycles. The Morgan fingerprint density at radius 1 is 1.55 bits per heavy atom. The van der Waals surface area contributed by atoms with Gasteiger partial charge in [-0.3, -0.25) is 0 Å². The minimum absolute atomic E-state index is 0.0773. The average Bonchev–Trinajstić information content (AvgIpc) is 2.42. The number of halogens is 1. The van der Waals surface area contributed by atoms with Crippen LogP contribution in [0.2, 0.25) is 0 Å². The minimum atomic E-state index is -3.51. The highest BCUT2D eigenvalue weighted by Gasteiger charge is 2.37. The smallest absolute Gasteiger partial charge is 0.260 e. The summed E-state index contributed by atoms with van der Waals surface area (Å²) < 4.78 is 26.9. The lowest BCUT2D eigenvalue weighted by molar-refractivity contribution is 0.188. The summed E-state index contributed by atoms with van der Waals surface area (Å²) in [4.78, 5) is 0.301. The zero-order valence-electron chi connectivity index (χ0n) is 5.71. The van der Waals surface area contributed by atoms with E-state index in [1.807, 2.05) is 0 Å². The molecule has 0 aliphatic carbocycles. The Kier molecular flexibility index (Phi) is 1.44. The van der Waals surface area contributed by atoms with Gasteiger partial charge in [-0.15, -0.1) is 0 Å². The van der Waals surface area contributed by atoms with Crippen molar-refractivity contribution in [2.24, 2.45) is 0 Å². The molecule has 62 valence electrons. The molecule has 0 aromatic carbocycles. The van der Waals surface area contributed by atoms with Gasteiger partial charge in [0.05, 0.1) is 0 Å². The molecule has 11 heavy (non-hydrogen) atoms. The van der Waals surface area contributed by atoms with Crippen molar-refractivity contribution in [1.82, 2.24) is 0 Å². The van der Waals surface area contributed by atoms with Gasteiger partial charge in [-0.05, 0) is 6.42 Å². The molecule has 0 amide bonds. The molecule has 1 unspecified atom stereocenters. The third kappa shape index (κ3) is 1.14. The monoisotopic (exact) mass is 194 g/mol. The highest BCUT2D eigenvalue weighted by Crippen LogP contribution is 2.41. The first-order valence-electron chi connectivity index (χ1n) is 3.41. The fraction of sp³-hybridized carbons (Fsp3) is 0.667. The fourth-order valence-electron chi connectivity index (χ4n) is 1.52. The Balaban J connectivity index is 2.43. The van der Waals surface area contributed by atoms with E-state index in [2.05, 4.69) is 0 Å². The predicted octanol–water partition coefficient (Wildman–Crippen LogP) is 1.35. The van der Waals surface area contributed by atoms with Gasteiger partial charge in [-0.25, -0.2) is 8.42 Å². The van der Waals surface area contributed by atoms with Crippen molar-refractivity contribution >= 4 is 19.7 Å². The molecule has 0 aromatic rings. The number of rotatable bonds is 1. The molecular formula is C6H7ClO3S. The molecule has 0 radical (unpaired) electrons. The van der Waals surface area contributed by atoms with Crippen molar-refractivity contribution in [2.45, 2.75) is 25.4 Å². The molecule has 5 heteroatoms. The third-order valence-electron chi connectivity index (χ3n) is 2.02. The predicted molar refractivity (Wildman–Crippen MR) is 40.5 cm³/mol. The summed E-state index contributed by atoms with van der Waals surface area (Å²) in [5.41, 5.74) is 0. The molecule has 0 saturated carbocycles. The second-order valence-electron chi connectivity index (χ2n) is 2.77. The molecule has 2 aliphatic heterocycles. The van der Waals surface area contributed by atoms with Crippen LogP contribution >= 0.6 is 10.7 Å². The molecule has 0 aromatic heterocycles. The SMILES string of the molecule is O=S(=O)(Cl)C1=C2CCC(C1)O2. The van der Waals surface area contributed by atoms with Crippen molar-refractivity contribution < 1.29 is 13.2 Å². The summed E-state index contributed by atoms with van der Waals surface area (Å²) >= 11 is 0. The van der Waals surface area contributed by atoms with E-state index in [1.165, 1.54) is 0 Å². The molecule has 0 N–H and O–H groups in total. The lowest BCUT2D eigenvalue weighted by Gasteiger charge is -2.02. The first-order chi connectivity index (χ1) is 5.07. The maximum absolute atomic E-state index is 10.9. The van der Waals surface area contributed by atoms with Gasteiger partial charge in [-0.1, -0.05) is 0 Å². The van der Waals surface area contributed by atoms with Crippen LogP contribution in [0.5, 0.6) is 0 Å². The Morgan fingerprint density at radius 2 is 2.27 bits per heavy atom. The lowest BCUT2D eigenvalue weighted by atomic mass is 10.1. The molecule has 0 spiro atoms. The summed E-state index contributed by atoms with van der Waals surface area (Å²) in [6.07, 6.45) is 2.21. The minimum Gasteiger partial charge on any atom is -0.493 e. The maximum atomic E-state index is 10.9. The van der Waals surface area contributed by atoms with Crippen LogP contribution in [0.25, 0.3) is 0 Å². The summed E-state index contributed by atoms with van der Waals surface area (Å²) in [6.45, 7) is 0. The van der Waals surface area contributed by atoms with E-state index in [0.717, 1.165) is 12.8 Å². The first-order valence-corrected chi connectivity index (χ1v) is 5.71. The molecular weight excluding hydrogens is 188 g/mol. The Hall–Kier alpha value is -0.220. The Morgan fingerprint density at radius 3 is 2.55 bits per heavy atom. The van der Waals surface area contributed by atoms with E-state index >= 15 is 0 Å². The van der Waals surface area contributed by atoms with Crippen LogP contribution < -0.4 is 0 Å². The van der Waals surface area contributed by atoms with Crippen LogP contribution in [-0.2, 0) is 13.8 Å². The van der Waals surface area contributed by atoms with Crippen LogP contribution in [0.1, 0.15) is 19.3 Å². The number of hydrogen-bond donors (Lipinski definition) is 0. The van der Waals surface area contributed by atoms with E-state index in [9.17, 15) is 8.42 Å². The first kappa shape index (κ1) is 7.43. The highest BCUT2D eigenvalue weighted by molar-refractivity contribution is 8.16. The van der Waals surface area contributed by atoms with Crippen molar-refractivity contribution in [2.75, 3.05) is 0 Å². The van der Waals surface area contributed by atoms with Crippen molar-refractivity contribution in [3.8, 4) is 0 Å². The summed E-state index contributed by atoms with van der Waals surface area (Å²) in [5.74, 6) is 0.588. The van der Waals surface area contributed by atoms with Crippen LogP contribution in [0.4, 0.5) is 0 Å². The molecule has 1 fully saturated rings. The molecule has 1 atom stereocenters. The molecule has 2 aliphatic rings. The molecule has 3 nitrogen and oxygen atoms in total. The summed E-state index contributed by atoms with van der Waals surface area (Å²) in [5, 5.41) is 0. The van der Waals surface area contributed by atoms with Gasteiger partial charge in [0.15, 0.2) is 0 Å². The van der Waals surface area contributed by atoms with Crippen molar-refractivity contribution in [3.63, 3.8) is 0 Å². The number of fused-ring (bicyclic) bond motifs is 2. The second kappa shape index (κ2) is 2.14. The van der Waals surface area contributed by atoms with Gasteiger partial charge < -0.3 is 4.74 Å². The number of hydrogen-bond acceptors (Lipinski definition) is 3. The van der Waals surface area contributed by atoms with E-state index in [0.29, 0.717) is 17.1 Å². The number of allylic oxidation sites excluding steroid dienone is 1. The molecule has 2 rings (SSSR count). The van der Waals surface area contributed by atoms with E-state index in [1.54, 1.807) is 0 Å². The van der Waals surface area contributed by atoms with Gasteiger partial charge in [0.2, 0.25) is 0 Å². The van der Waals surface area contributed by atoms with E-state index < -0.39 is 9.05 Å². The van der Waals surface area contributed by atoms with Gasteiger partial charge in [0.25, 0.3) is 9.05 Å². The topological polar surface area (TPSA) is 43.4 Å². The third-order valence-corrected chi connectivity index (χ3v) is 3.56. The van der Waals surface area contributed by atoms with Gasteiger partial charge in [-0.2, -0.15) is 0 Å². The summed E-state index contributed by atoms with van der Waals surface area (Å²) in [6, 6.07) is 0. The van der Waals surface area contributed by atoms with E-state index in [4.69, 9.17) is 15.4 Å². The summed E-state index contributed by atoms with van der Waals surface area (Å²) in [7, 11) is 1.66. The Labute approximate surface area is 69.4 Å². The zero-order valence-corrected chi connectivity index (χ0v) is 7.28. The molecule has 1 saturated heterocycles. The fourth-order valence-corrected chi connectivity index (χ4v) is 2.77. The number of ether oxygens (including phenoxy) is 1. The van der Waals surface area contributed by atoms with Crippen LogP contribution in [0.15, 0.2) is 10.7 Å². The second-order valence-corrected chi connectivity index (χ2v) is 5.35. The van der Waals surface area contributed by atoms with Crippen LogP contribution in [0.3, 0.4) is 0 Å². The lowest BCUT2D eigenvalue weighted by Crippen LogP contribution is -2.04. The average molecular weight is 195 g/mol. The molecule has 2 bridgehead atoms. The van der Waals surface area contributed by atoms with Crippen molar-refractivity contribution in [3.05, 3.63) is 10.7 Å². The van der Waals surface area contributed by atoms with E-state index in [-0.39, 0.29) is 6.10 Å².